The molecule has 4 aromatic carbocycles. The maximum absolute atomic E-state index is 13.8. The molecule has 7 heteroatoms. The van der Waals surface area contributed by atoms with Gasteiger partial charge in [0.05, 0.1) is 30.3 Å². The molecule has 6 nitrogen and oxygen atoms in total. The van der Waals surface area contributed by atoms with Crippen molar-refractivity contribution in [2.24, 2.45) is 0 Å². The number of anilines is 1. The Morgan fingerprint density at radius 1 is 0.737 bits per heavy atom. The number of aliphatic hydroxyl groups is 1. The summed E-state index contributed by atoms with van der Waals surface area (Å²) in [4.78, 5) is 2.32. The summed E-state index contributed by atoms with van der Waals surface area (Å²) in [6.45, 7) is 3.36. The molecule has 0 aliphatic carbocycles. The molecule has 4 rings (SSSR count). The maximum Gasteiger partial charge on any atom is 0.264 e. The normalized spacial score (nSPS) is 12.3. The predicted molar refractivity (Wildman–Crippen MR) is 152 cm³/mol. The lowest BCUT2D eigenvalue weighted by Crippen LogP contribution is -2.42. The largest absolute Gasteiger partial charge is 0.497 e. The summed E-state index contributed by atoms with van der Waals surface area (Å²) in [5.41, 5.74) is 3.67. The van der Waals surface area contributed by atoms with Crippen LogP contribution in [0.5, 0.6) is 5.75 Å². The summed E-state index contributed by atoms with van der Waals surface area (Å²) in [5.74, 6) is 0.624. The van der Waals surface area contributed by atoms with Crippen molar-refractivity contribution in [1.29, 1.82) is 0 Å². The Balaban J connectivity index is 1.60. The SMILES string of the molecule is COc1ccc(N(C[C@@H](O)CN(Cc2ccccc2)Cc2ccccc2)S(=O)(=O)c2ccc(C)cc2)cc1. The summed E-state index contributed by atoms with van der Waals surface area (Å²) in [6, 6.07) is 33.7. The molecule has 1 N–H and O–H groups in total. The number of methoxy groups -OCH3 is 1. The third kappa shape index (κ3) is 7.22. The van der Waals surface area contributed by atoms with Crippen molar-refractivity contribution < 1.29 is 18.3 Å². The fourth-order valence-electron chi connectivity index (χ4n) is 4.34. The minimum absolute atomic E-state index is 0.0946. The molecule has 0 aromatic heterocycles. The van der Waals surface area contributed by atoms with Crippen LogP contribution >= 0.6 is 0 Å². The molecule has 38 heavy (non-hydrogen) atoms. The number of nitrogens with zero attached hydrogens (tertiary/aromatic N) is 2. The van der Waals surface area contributed by atoms with Gasteiger partial charge in [-0.15, -0.1) is 0 Å². The molecule has 0 heterocycles. The number of aliphatic hydroxyl groups excluding tert-OH is 1. The first-order chi connectivity index (χ1) is 18.3. The summed E-state index contributed by atoms with van der Waals surface area (Å²) in [7, 11) is -2.36. The maximum atomic E-state index is 13.8. The molecule has 0 fully saturated rings. The van der Waals surface area contributed by atoms with Crippen molar-refractivity contribution in [3.05, 3.63) is 126 Å². The molecule has 0 saturated heterocycles. The summed E-state index contributed by atoms with van der Waals surface area (Å²) >= 11 is 0. The van der Waals surface area contributed by atoms with E-state index in [1.54, 1.807) is 55.6 Å². The Bertz CT molecular complexity index is 1340. The molecule has 0 aliphatic rings. The second-order valence-electron chi connectivity index (χ2n) is 9.34. The van der Waals surface area contributed by atoms with Gasteiger partial charge >= 0.3 is 0 Å². The van der Waals surface area contributed by atoms with Gasteiger partial charge in [0.2, 0.25) is 0 Å². The van der Waals surface area contributed by atoms with Crippen LogP contribution in [0.4, 0.5) is 5.69 Å². The van der Waals surface area contributed by atoms with Gasteiger partial charge in [0, 0.05) is 19.6 Å². The zero-order valence-corrected chi connectivity index (χ0v) is 22.6. The third-order valence-corrected chi connectivity index (χ3v) is 8.12. The number of rotatable bonds is 12. The van der Waals surface area contributed by atoms with Crippen LogP contribution in [0.15, 0.2) is 114 Å². The molecule has 0 radical (unpaired) electrons. The second-order valence-corrected chi connectivity index (χ2v) is 11.2. The van der Waals surface area contributed by atoms with Crippen LogP contribution in [0.25, 0.3) is 0 Å². The lowest BCUT2D eigenvalue weighted by atomic mass is 10.1. The number of hydrogen-bond acceptors (Lipinski definition) is 5. The molecule has 4 aromatic rings. The molecule has 198 valence electrons. The average Bonchev–Trinajstić information content (AvgIpc) is 2.93. The molecule has 0 amide bonds. The monoisotopic (exact) mass is 530 g/mol. The summed E-state index contributed by atoms with van der Waals surface area (Å²) in [6.07, 6.45) is -0.940. The van der Waals surface area contributed by atoms with Crippen LogP contribution in [0.1, 0.15) is 16.7 Å². The van der Waals surface area contributed by atoms with Crippen molar-refractivity contribution in [3.63, 3.8) is 0 Å². The molecule has 0 aliphatic heterocycles. The number of hydrogen-bond donors (Lipinski definition) is 1. The highest BCUT2D eigenvalue weighted by atomic mass is 32.2. The molecule has 0 bridgehead atoms. The number of sulfonamides is 1. The van der Waals surface area contributed by atoms with Gasteiger partial charge in [-0.1, -0.05) is 78.4 Å². The molecule has 0 unspecified atom stereocenters. The summed E-state index contributed by atoms with van der Waals surface area (Å²) < 4.78 is 34.1. The number of ether oxygens (including phenoxy) is 1. The van der Waals surface area contributed by atoms with Crippen LogP contribution in [-0.4, -0.2) is 44.7 Å². The molecule has 0 spiro atoms. The third-order valence-electron chi connectivity index (χ3n) is 6.31. The van der Waals surface area contributed by atoms with E-state index in [4.69, 9.17) is 4.74 Å². The van der Waals surface area contributed by atoms with Gasteiger partial charge in [0.1, 0.15) is 5.75 Å². The van der Waals surface area contributed by atoms with E-state index < -0.39 is 16.1 Å². The highest BCUT2D eigenvalue weighted by Gasteiger charge is 2.28. The highest BCUT2D eigenvalue weighted by molar-refractivity contribution is 7.92. The van der Waals surface area contributed by atoms with Gasteiger partial charge in [0.25, 0.3) is 10.0 Å². The number of aryl methyl sites for hydroxylation is 1. The zero-order valence-electron chi connectivity index (χ0n) is 21.8. The van der Waals surface area contributed by atoms with Crippen LogP contribution in [0.3, 0.4) is 0 Å². The van der Waals surface area contributed by atoms with E-state index in [9.17, 15) is 13.5 Å². The lowest BCUT2D eigenvalue weighted by molar-refractivity contribution is 0.111. The van der Waals surface area contributed by atoms with Gasteiger partial charge in [0.15, 0.2) is 0 Å². The van der Waals surface area contributed by atoms with Gasteiger partial charge < -0.3 is 9.84 Å². The molecule has 0 saturated carbocycles. The minimum atomic E-state index is -3.93. The first-order valence-electron chi connectivity index (χ1n) is 12.6. The summed E-state index contributed by atoms with van der Waals surface area (Å²) in [5, 5.41) is 11.3. The molecule has 1 atom stereocenters. The molecular weight excluding hydrogens is 496 g/mol. The predicted octanol–water partition coefficient (Wildman–Crippen LogP) is 5.26. The zero-order chi connectivity index (χ0) is 27.0. The van der Waals surface area contributed by atoms with Gasteiger partial charge in [-0.25, -0.2) is 8.42 Å². The Labute approximate surface area is 225 Å². The van der Waals surface area contributed by atoms with Gasteiger partial charge in [-0.2, -0.15) is 0 Å². The fraction of sp³-hybridized carbons (Fsp3) is 0.226. The van der Waals surface area contributed by atoms with Gasteiger partial charge in [-0.05, 0) is 54.4 Å². The quantitative estimate of drug-likeness (QED) is 0.271. The standard InChI is InChI=1S/C31H34N2O4S/c1-25-13-19-31(20-14-25)38(35,36)33(28-15-17-30(37-2)18-16-28)24-29(34)23-32(21-26-9-5-3-6-10-26)22-27-11-7-4-8-12-27/h3-20,29,34H,21-24H2,1-2H3/t29-/m0/s1. The highest BCUT2D eigenvalue weighted by Crippen LogP contribution is 2.27. The van der Waals surface area contributed by atoms with Crippen LogP contribution in [-0.2, 0) is 23.1 Å². The second kappa shape index (κ2) is 12.7. The Morgan fingerprint density at radius 2 is 1.26 bits per heavy atom. The first-order valence-corrected chi connectivity index (χ1v) is 14.0. The average molecular weight is 531 g/mol. The smallest absolute Gasteiger partial charge is 0.264 e. The van der Waals surface area contributed by atoms with E-state index in [-0.39, 0.29) is 11.4 Å². The van der Waals surface area contributed by atoms with E-state index in [0.717, 1.165) is 16.7 Å². The first kappa shape index (κ1) is 27.4. The molecular formula is C31H34N2O4S. The topological polar surface area (TPSA) is 70.1 Å². The van der Waals surface area contributed by atoms with Crippen LogP contribution in [0.2, 0.25) is 0 Å². The minimum Gasteiger partial charge on any atom is -0.497 e. The van der Waals surface area contributed by atoms with Crippen molar-refractivity contribution in [2.45, 2.75) is 31.0 Å². The van der Waals surface area contributed by atoms with E-state index >= 15 is 0 Å². The van der Waals surface area contributed by atoms with Crippen LogP contribution in [0, 0.1) is 6.92 Å². The Hall–Kier alpha value is -3.65. The fourth-order valence-corrected chi connectivity index (χ4v) is 5.85. The van der Waals surface area contributed by atoms with Crippen molar-refractivity contribution in [2.75, 3.05) is 24.5 Å². The van der Waals surface area contributed by atoms with Crippen molar-refractivity contribution in [3.8, 4) is 5.75 Å². The Kier molecular flexibility index (Phi) is 9.18. The Morgan fingerprint density at radius 3 is 1.76 bits per heavy atom. The number of benzene rings is 4. The van der Waals surface area contributed by atoms with E-state index in [0.29, 0.717) is 31.1 Å². The van der Waals surface area contributed by atoms with Crippen LogP contribution < -0.4 is 9.04 Å². The van der Waals surface area contributed by atoms with E-state index in [1.165, 1.54) is 4.31 Å². The van der Waals surface area contributed by atoms with Gasteiger partial charge in [-0.3, -0.25) is 9.21 Å². The van der Waals surface area contributed by atoms with E-state index in [2.05, 4.69) is 29.2 Å². The lowest BCUT2D eigenvalue weighted by Gasteiger charge is -2.30. The van der Waals surface area contributed by atoms with Crippen molar-refractivity contribution in [1.82, 2.24) is 4.90 Å². The van der Waals surface area contributed by atoms with Crippen molar-refractivity contribution >= 4 is 15.7 Å². The van der Waals surface area contributed by atoms with E-state index in [1.807, 2.05) is 43.3 Å².